The highest BCUT2D eigenvalue weighted by Gasteiger charge is 2.23. The fourth-order valence-corrected chi connectivity index (χ4v) is 3.91. The van der Waals surface area contributed by atoms with E-state index in [1.807, 2.05) is 6.07 Å². The average Bonchev–Trinajstić information content (AvgIpc) is 3.24. The third-order valence-electron chi connectivity index (χ3n) is 5.54. The fourth-order valence-electron chi connectivity index (χ4n) is 3.91. The first-order valence-corrected chi connectivity index (χ1v) is 10.5. The molecule has 0 aliphatic carbocycles. The molecule has 0 atom stereocenters. The van der Waals surface area contributed by atoms with Gasteiger partial charge in [-0.2, -0.15) is 0 Å². The maximum Gasteiger partial charge on any atom is 0.337 e. The van der Waals surface area contributed by atoms with Gasteiger partial charge in [-0.3, -0.25) is 9.98 Å². The molecule has 32 heavy (non-hydrogen) atoms. The summed E-state index contributed by atoms with van der Waals surface area (Å²) in [5.41, 5.74) is 12.2. The van der Waals surface area contributed by atoms with Crippen LogP contribution in [0.3, 0.4) is 0 Å². The number of carboxylic acid groups (broad SMARTS) is 1. The number of anilines is 2. The maximum absolute atomic E-state index is 11.4. The van der Waals surface area contributed by atoms with E-state index >= 15 is 0 Å². The van der Waals surface area contributed by atoms with Crippen LogP contribution in [-0.4, -0.2) is 48.1 Å². The number of aromatic nitrogens is 1. The molecule has 0 bridgehead atoms. The number of hydrogen-bond acceptors (Lipinski definition) is 6. The molecule has 7 heteroatoms. The molecule has 1 fully saturated rings. The third kappa shape index (κ3) is 4.78. The average molecular weight is 431 g/mol. The first-order chi connectivity index (χ1) is 15.5. The number of ether oxygens (including phenoxy) is 1. The Morgan fingerprint density at radius 3 is 2.56 bits per heavy atom. The van der Waals surface area contributed by atoms with Crippen LogP contribution in [0.5, 0.6) is 0 Å². The van der Waals surface area contributed by atoms with Crippen LogP contribution >= 0.6 is 0 Å². The molecule has 1 aromatic heterocycles. The van der Waals surface area contributed by atoms with Crippen molar-refractivity contribution in [3.8, 4) is 0 Å². The fraction of sp³-hybridized carbons (Fsp3) is 0.240. The summed E-state index contributed by atoms with van der Waals surface area (Å²) in [7, 11) is 0. The minimum Gasteiger partial charge on any atom is -0.478 e. The van der Waals surface area contributed by atoms with Crippen LogP contribution in [0.15, 0.2) is 65.9 Å². The summed E-state index contributed by atoms with van der Waals surface area (Å²) in [5.74, 6) is -0.929. The number of nitrogens with zero attached hydrogens (tertiary/aromatic N) is 3. The Hall–Kier alpha value is -3.71. The number of fused-ring (bicyclic) bond motifs is 1. The molecule has 3 heterocycles. The first kappa shape index (κ1) is 21.5. The van der Waals surface area contributed by atoms with E-state index in [0.717, 1.165) is 48.7 Å². The molecule has 5 rings (SSSR count). The van der Waals surface area contributed by atoms with E-state index in [1.165, 1.54) is 5.69 Å². The minimum atomic E-state index is -0.929. The lowest BCUT2D eigenvalue weighted by Crippen LogP contribution is -2.36. The lowest BCUT2D eigenvalue weighted by atomic mass is 9.98. The SMILES string of the molecule is Cc1cc(N2CCOCC2)ccc1C1=Nc2c(cccc2C(=O)O)C1.Nc1cccnc1. The van der Waals surface area contributed by atoms with E-state index in [9.17, 15) is 9.90 Å². The normalized spacial score (nSPS) is 14.8. The predicted molar refractivity (Wildman–Crippen MR) is 126 cm³/mol. The summed E-state index contributed by atoms with van der Waals surface area (Å²) >= 11 is 0. The van der Waals surface area contributed by atoms with Gasteiger partial charge in [-0.1, -0.05) is 18.2 Å². The van der Waals surface area contributed by atoms with Crippen LogP contribution in [-0.2, 0) is 11.2 Å². The van der Waals surface area contributed by atoms with Crippen LogP contribution in [0, 0.1) is 6.92 Å². The zero-order valence-electron chi connectivity index (χ0n) is 18.0. The number of rotatable bonds is 3. The standard InChI is InChI=1S/C20H20N2O3.C5H6N2/c1-13-11-15(22-7-9-25-10-8-22)5-6-16(13)18-12-14-3-2-4-17(20(23)24)19(14)21-18;6-5-2-1-3-7-4-5/h2-6,11H,7-10,12H2,1H3,(H,23,24);1-4H,6H2. The highest BCUT2D eigenvalue weighted by molar-refractivity contribution is 6.10. The maximum atomic E-state index is 11.4. The number of hydrogen-bond donors (Lipinski definition) is 2. The molecule has 2 aliphatic rings. The van der Waals surface area contributed by atoms with Crippen LogP contribution in [0.25, 0.3) is 0 Å². The van der Waals surface area contributed by atoms with Gasteiger partial charge in [-0.05, 0) is 53.9 Å². The number of carbonyl (C=O) groups is 1. The monoisotopic (exact) mass is 430 g/mol. The van der Waals surface area contributed by atoms with Gasteiger partial charge >= 0.3 is 5.97 Å². The van der Waals surface area contributed by atoms with Crippen molar-refractivity contribution in [3.05, 3.63) is 83.2 Å². The molecule has 3 N–H and O–H groups in total. The van der Waals surface area contributed by atoms with Crippen LogP contribution in [0.2, 0.25) is 0 Å². The van der Waals surface area contributed by atoms with Gasteiger partial charge in [0, 0.05) is 37.6 Å². The topological polar surface area (TPSA) is 101 Å². The molecule has 1 saturated heterocycles. The van der Waals surface area contributed by atoms with Crippen molar-refractivity contribution >= 4 is 28.7 Å². The molecule has 2 aromatic carbocycles. The molecule has 0 unspecified atom stereocenters. The number of morpholine rings is 1. The number of aryl methyl sites for hydroxylation is 1. The number of para-hydroxylation sites is 1. The van der Waals surface area contributed by atoms with Crippen molar-refractivity contribution < 1.29 is 14.6 Å². The highest BCUT2D eigenvalue weighted by atomic mass is 16.5. The zero-order valence-corrected chi connectivity index (χ0v) is 18.0. The van der Waals surface area contributed by atoms with Crippen LogP contribution in [0.1, 0.15) is 27.0 Å². The van der Waals surface area contributed by atoms with Gasteiger partial charge in [-0.25, -0.2) is 4.79 Å². The van der Waals surface area contributed by atoms with E-state index in [0.29, 0.717) is 17.8 Å². The predicted octanol–water partition coefficient (Wildman–Crippen LogP) is 3.87. The van der Waals surface area contributed by atoms with E-state index in [1.54, 1.807) is 36.7 Å². The van der Waals surface area contributed by atoms with E-state index < -0.39 is 5.97 Å². The third-order valence-corrected chi connectivity index (χ3v) is 5.54. The van der Waals surface area contributed by atoms with E-state index in [2.05, 4.69) is 40.0 Å². The van der Waals surface area contributed by atoms with Crippen molar-refractivity contribution in [2.45, 2.75) is 13.3 Å². The molecule has 0 radical (unpaired) electrons. The second-order valence-electron chi connectivity index (χ2n) is 7.74. The summed E-state index contributed by atoms with van der Waals surface area (Å²) in [6, 6.07) is 15.4. The number of nitrogen functional groups attached to an aromatic ring is 1. The van der Waals surface area contributed by atoms with Crippen molar-refractivity contribution in [3.63, 3.8) is 0 Å². The van der Waals surface area contributed by atoms with Crippen LogP contribution < -0.4 is 10.6 Å². The number of benzene rings is 2. The molecule has 0 saturated carbocycles. The Morgan fingerprint density at radius 2 is 1.94 bits per heavy atom. The Kier molecular flexibility index (Phi) is 6.47. The summed E-state index contributed by atoms with van der Waals surface area (Å²) in [5, 5.41) is 9.36. The van der Waals surface area contributed by atoms with Gasteiger partial charge in [0.2, 0.25) is 0 Å². The number of carboxylic acids is 1. The molecule has 2 aliphatic heterocycles. The summed E-state index contributed by atoms with van der Waals surface area (Å²) in [4.78, 5) is 22.1. The molecular formula is C25H26N4O3. The largest absolute Gasteiger partial charge is 0.478 e. The van der Waals surface area contributed by atoms with Gasteiger partial charge < -0.3 is 20.5 Å². The Labute approximate surface area is 187 Å². The summed E-state index contributed by atoms with van der Waals surface area (Å²) in [6.45, 7) is 5.44. The van der Waals surface area contributed by atoms with Gasteiger partial charge in [0.05, 0.1) is 35.9 Å². The van der Waals surface area contributed by atoms with Gasteiger partial charge in [0.1, 0.15) is 0 Å². The smallest absolute Gasteiger partial charge is 0.337 e. The number of aromatic carboxylic acids is 1. The second kappa shape index (κ2) is 9.62. The van der Waals surface area contributed by atoms with Crippen molar-refractivity contribution in [2.75, 3.05) is 36.9 Å². The van der Waals surface area contributed by atoms with E-state index in [-0.39, 0.29) is 5.56 Å². The Morgan fingerprint density at radius 1 is 1.12 bits per heavy atom. The van der Waals surface area contributed by atoms with Gasteiger partial charge in [0.25, 0.3) is 0 Å². The van der Waals surface area contributed by atoms with E-state index in [4.69, 9.17) is 10.5 Å². The van der Waals surface area contributed by atoms with Crippen LogP contribution in [0.4, 0.5) is 17.1 Å². The molecule has 0 amide bonds. The number of pyridine rings is 1. The molecule has 3 aromatic rings. The Balaban J connectivity index is 0.000000300. The van der Waals surface area contributed by atoms with Crippen molar-refractivity contribution in [2.24, 2.45) is 4.99 Å². The lowest BCUT2D eigenvalue weighted by molar-refractivity contribution is 0.0698. The second-order valence-corrected chi connectivity index (χ2v) is 7.74. The number of nitrogens with two attached hydrogens (primary N) is 1. The molecular weight excluding hydrogens is 404 g/mol. The minimum absolute atomic E-state index is 0.273. The lowest BCUT2D eigenvalue weighted by Gasteiger charge is -2.29. The van der Waals surface area contributed by atoms with Gasteiger partial charge in [-0.15, -0.1) is 0 Å². The molecule has 0 spiro atoms. The Bertz CT molecular complexity index is 1140. The summed E-state index contributed by atoms with van der Waals surface area (Å²) in [6.07, 6.45) is 3.98. The first-order valence-electron chi connectivity index (χ1n) is 10.5. The quantitative estimate of drug-likeness (QED) is 0.654. The number of aliphatic imine (C=N–C) groups is 1. The zero-order chi connectivity index (χ0) is 22.5. The van der Waals surface area contributed by atoms with Crippen molar-refractivity contribution in [1.82, 2.24) is 4.98 Å². The highest BCUT2D eigenvalue weighted by Crippen LogP contribution is 2.33. The summed E-state index contributed by atoms with van der Waals surface area (Å²) < 4.78 is 5.41. The van der Waals surface area contributed by atoms with Crippen molar-refractivity contribution in [1.29, 1.82) is 0 Å². The molecule has 7 nitrogen and oxygen atoms in total. The van der Waals surface area contributed by atoms with Gasteiger partial charge in [0.15, 0.2) is 0 Å². The molecule has 164 valence electrons.